The van der Waals surface area contributed by atoms with Gasteiger partial charge in [-0.15, -0.1) is 5.92 Å². The highest BCUT2D eigenvalue weighted by molar-refractivity contribution is 7.89. The van der Waals surface area contributed by atoms with Gasteiger partial charge in [-0.2, -0.15) is 4.72 Å². The molecule has 0 aromatic heterocycles. The van der Waals surface area contributed by atoms with Gasteiger partial charge in [0, 0.05) is 0 Å². The largest absolute Gasteiger partial charge is 0.495 e. The molecule has 0 aliphatic rings. The first-order valence-corrected chi connectivity index (χ1v) is 6.71. The average molecular weight is 283 g/mol. The topological polar surface area (TPSA) is 92.7 Å². The van der Waals surface area contributed by atoms with Crippen molar-refractivity contribution in [1.82, 2.24) is 4.72 Å². The summed E-state index contributed by atoms with van der Waals surface area (Å²) in [4.78, 5) is 10.6. The van der Waals surface area contributed by atoms with Crippen LogP contribution in [0, 0.1) is 11.8 Å². The molecule has 0 spiro atoms. The molecule has 0 bridgehead atoms. The van der Waals surface area contributed by atoms with Gasteiger partial charge in [0.2, 0.25) is 10.0 Å². The summed E-state index contributed by atoms with van der Waals surface area (Å²) in [5.74, 6) is 3.96. The van der Waals surface area contributed by atoms with Gasteiger partial charge < -0.3 is 9.84 Å². The monoisotopic (exact) mass is 283 g/mol. The Hall–Kier alpha value is -2.04. The number of carbonyl (C=O) groups is 1. The Morgan fingerprint density at radius 1 is 1.47 bits per heavy atom. The molecule has 0 atom stereocenters. The first kappa shape index (κ1) is 15.0. The van der Waals surface area contributed by atoms with E-state index in [4.69, 9.17) is 9.84 Å². The van der Waals surface area contributed by atoms with Gasteiger partial charge in [-0.1, -0.05) is 5.92 Å². The molecule has 2 N–H and O–H groups in total. The number of aromatic carboxylic acids is 1. The minimum Gasteiger partial charge on any atom is -0.495 e. The van der Waals surface area contributed by atoms with Crippen molar-refractivity contribution < 1.29 is 23.1 Å². The van der Waals surface area contributed by atoms with Crippen molar-refractivity contribution in [1.29, 1.82) is 0 Å². The maximum absolute atomic E-state index is 12.0. The number of nitrogens with one attached hydrogen (secondary N) is 1. The highest BCUT2D eigenvalue weighted by Gasteiger charge is 2.20. The number of hydrogen-bond donors (Lipinski definition) is 2. The molecule has 7 heteroatoms. The fourth-order valence-electron chi connectivity index (χ4n) is 1.32. The summed E-state index contributed by atoms with van der Waals surface area (Å²) in [6.07, 6.45) is 0. The lowest BCUT2D eigenvalue weighted by molar-refractivity contribution is 0.0696. The van der Waals surface area contributed by atoms with Crippen molar-refractivity contribution >= 4 is 16.0 Å². The van der Waals surface area contributed by atoms with Crippen LogP contribution in [0.25, 0.3) is 0 Å². The molecule has 0 saturated heterocycles. The summed E-state index contributed by atoms with van der Waals surface area (Å²) in [5.41, 5.74) is -0.136. The van der Waals surface area contributed by atoms with Crippen LogP contribution < -0.4 is 9.46 Å². The van der Waals surface area contributed by atoms with Crippen LogP contribution in [0.2, 0.25) is 0 Å². The van der Waals surface area contributed by atoms with E-state index in [1.165, 1.54) is 19.2 Å². The van der Waals surface area contributed by atoms with Crippen LogP contribution in [0.4, 0.5) is 0 Å². The van der Waals surface area contributed by atoms with Crippen LogP contribution in [0.5, 0.6) is 5.75 Å². The number of ether oxygens (including phenoxy) is 1. The van der Waals surface area contributed by atoms with Crippen molar-refractivity contribution in [3.05, 3.63) is 23.8 Å². The van der Waals surface area contributed by atoms with Gasteiger partial charge in [0.05, 0.1) is 19.2 Å². The normalized spacial score (nSPS) is 10.4. The number of rotatable bonds is 5. The van der Waals surface area contributed by atoms with E-state index in [1.807, 2.05) is 0 Å². The Morgan fingerprint density at radius 3 is 2.68 bits per heavy atom. The van der Waals surface area contributed by atoms with Gasteiger partial charge in [0.15, 0.2) is 0 Å². The molecular formula is C12H13NO5S. The second kappa shape index (κ2) is 6.22. The molecule has 6 nitrogen and oxygen atoms in total. The van der Waals surface area contributed by atoms with Gasteiger partial charge in [0.25, 0.3) is 0 Å². The van der Waals surface area contributed by atoms with E-state index in [2.05, 4.69) is 16.6 Å². The maximum atomic E-state index is 12.0. The van der Waals surface area contributed by atoms with E-state index in [-0.39, 0.29) is 22.8 Å². The summed E-state index contributed by atoms with van der Waals surface area (Å²) >= 11 is 0. The van der Waals surface area contributed by atoms with Crippen molar-refractivity contribution in [3.63, 3.8) is 0 Å². The van der Waals surface area contributed by atoms with Gasteiger partial charge in [-0.05, 0) is 25.1 Å². The highest BCUT2D eigenvalue weighted by Crippen LogP contribution is 2.24. The van der Waals surface area contributed by atoms with Gasteiger partial charge >= 0.3 is 5.97 Å². The third-order valence-electron chi connectivity index (χ3n) is 2.23. The Labute approximate surface area is 111 Å². The lowest BCUT2D eigenvalue weighted by Gasteiger charge is -2.10. The highest BCUT2D eigenvalue weighted by atomic mass is 32.2. The standard InChI is InChI=1S/C12H13NO5S/c1-3-4-7-13-19(16,17)11-8-9(12(14)15)5-6-10(11)18-2/h5-6,8,13H,7H2,1-2H3,(H,14,15). The molecule has 0 aliphatic carbocycles. The van der Waals surface area contributed by atoms with E-state index in [0.717, 1.165) is 6.07 Å². The van der Waals surface area contributed by atoms with E-state index < -0.39 is 16.0 Å². The average Bonchev–Trinajstić information content (AvgIpc) is 2.38. The number of hydrogen-bond acceptors (Lipinski definition) is 4. The summed E-state index contributed by atoms with van der Waals surface area (Å²) in [7, 11) is -2.57. The fraction of sp³-hybridized carbons (Fsp3) is 0.250. The third kappa shape index (κ3) is 3.71. The van der Waals surface area contributed by atoms with Crippen LogP contribution in [0.15, 0.2) is 23.1 Å². The molecule has 0 aliphatic heterocycles. The molecule has 19 heavy (non-hydrogen) atoms. The molecule has 1 aromatic carbocycles. The molecule has 0 radical (unpaired) electrons. The lowest BCUT2D eigenvalue weighted by Crippen LogP contribution is -2.24. The van der Waals surface area contributed by atoms with Gasteiger partial charge in [0.1, 0.15) is 10.6 Å². The SMILES string of the molecule is CC#CCNS(=O)(=O)c1cc(C(=O)O)ccc1OC. The van der Waals surface area contributed by atoms with E-state index >= 15 is 0 Å². The van der Waals surface area contributed by atoms with Gasteiger partial charge in [-0.3, -0.25) is 0 Å². The van der Waals surface area contributed by atoms with Crippen LogP contribution in [0.3, 0.4) is 0 Å². The first-order chi connectivity index (χ1) is 8.92. The van der Waals surface area contributed by atoms with Crippen LogP contribution in [-0.2, 0) is 10.0 Å². The quantitative estimate of drug-likeness (QED) is 0.776. The van der Waals surface area contributed by atoms with Crippen LogP contribution in [-0.4, -0.2) is 33.1 Å². The van der Waals surface area contributed by atoms with Crippen LogP contribution >= 0.6 is 0 Å². The Kier molecular flexibility index (Phi) is 4.92. The number of carboxylic acid groups (broad SMARTS) is 1. The summed E-state index contributed by atoms with van der Waals surface area (Å²) < 4.78 is 31.2. The summed E-state index contributed by atoms with van der Waals surface area (Å²) in [6, 6.07) is 3.61. The van der Waals surface area contributed by atoms with E-state index in [1.54, 1.807) is 6.92 Å². The molecule has 0 fully saturated rings. The molecule has 1 aromatic rings. The smallest absolute Gasteiger partial charge is 0.335 e. The molecule has 0 amide bonds. The van der Waals surface area contributed by atoms with Crippen molar-refractivity contribution in [3.8, 4) is 17.6 Å². The number of methoxy groups -OCH3 is 1. The number of benzene rings is 1. The Balaban J connectivity index is 3.24. The maximum Gasteiger partial charge on any atom is 0.335 e. The molecular weight excluding hydrogens is 270 g/mol. The van der Waals surface area contributed by atoms with Gasteiger partial charge in [-0.25, -0.2) is 13.2 Å². The minimum absolute atomic E-state index is 0.0563. The zero-order valence-corrected chi connectivity index (χ0v) is 11.2. The molecule has 0 unspecified atom stereocenters. The number of carboxylic acids is 1. The molecule has 0 saturated carbocycles. The predicted molar refractivity (Wildman–Crippen MR) is 68.6 cm³/mol. The van der Waals surface area contributed by atoms with E-state index in [0.29, 0.717) is 0 Å². The fourth-order valence-corrected chi connectivity index (χ4v) is 2.43. The Morgan fingerprint density at radius 2 is 2.16 bits per heavy atom. The summed E-state index contributed by atoms with van der Waals surface area (Å²) in [5, 5.41) is 8.87. The molecule has 0 heterocycles. The first-order valence-electron chi connectivity index (χ1n) is 5.23. The van der Waals surface area contributed by atoms with Crippen molar-refractivity contribution in [2.75, 3.05) is 13.7 Å². The molecule has 102 valence electrons. The van der Waals surface area contributed by atoms with Crippen molar-refractivity contribution in [2.45, 2.75) is 11.8 Å². The minimum atomic E-state index is -3.87. The second-order valence-corrected chi connectivity index (χ2v) is 5.16. The summed E-state index contributed by atoms with van der Waals surface area (Å²) in [6.45, 7) is 1.53. The molecule has 1 rings (SSSR count). The zero-order chi connectivity index (χ0) is 14.5. The second-order valence-electron chi connectivity index (χ2n) is 3.42. The zero-order valence-electron chi connectivity index (χ0n) is 10.4. The number of sulfonamides is 1. The predicted octanol–water partition coefficient (Wildman–Crippen LogP) is 0.695. The Bertz CT molecular complexity index is 640. The van der Waals surface area contributed by atoms with Crippen molar-refractivity contribution in [2.24, 2.45) is 0 Å². The van der Waals surface area contributed by atoms with E-state index in [9.17, 15) is 13.2 Å². The third-order valence-corrected chi connectivity index (χ3v) is 3.65. The lowest BCUT2D eigenvalue weighted by atomic mass is 10.2. The van der Waals surface area contributed by atoms with Crippen LogP contribution in [0.1, 0.15) is 17.3 Å².